The molecule has 2 aromatic rings. The minimum atomic E-state index is -0.631. The van der Waals surface area contributed by atoms with E-state index in [1.165, 1.54) is 6.07 Å². The van der Waals surface area contributed by atoms with Crippen molar-refractivity contribution in [2.75, 3.05) is 0 Å². The summed E-state index contributed by atoms with van der Waals surface area (Å²) in [5.41, 5.74) is 1.13. The SMILES string of the molecule is Cc1cc(O)c([N+](=O)[O-])c2n[se]nc12. The average Bonchev–Trinajstić information content (AvgIpc) is 2.51. The number of hydrogen-bond donors (Lipinski definition) is 1. The fraction of sp³-hybridized carbons (Fsp3) is 0.143. The average molecular weight is 258 g/mol. The molecule has 0 spiro atoms. The van der Waals surface area contributed by atoms with Gasteiger partial charge in [-0.05, 0) is 0 Å². The van der Waals surface area contributed by atoms with Gasteiger partial charge in [-0.2, -0.15) is 0 Å². The minimum absolute atomic E-state index is 0.215. The number of phenols is 1. The van der Waals surface area contributed by atoms with Crippen LogP contribution in [0.3, 0.4) is 0 Å². The molecule has 1 heterocycles. The predicted molar refractivity (Wildman–Crippen MR) is 49.5 cm³/mol. The van der Waals surface area contributed by atoms with E-state index >= 15 is 0 Å². The molecule has 0 aliphatic heterocycles. The molecule has 0 atom stereocenters. The number of aryl methyl sites for hydroxylation is 1. The van der Waals surface area contributed by atoms with Gasteiger partial charge in [-0.25, -0.2) is 0 Å². The van der Waals surface area contributed by atoms with E-state index in [-0.39, 0.29) is 31.9 Å². The van der Waals surface area contributed by atoms with Gasteiger partial charge in [0.1, 0.15) is 0 Å². The van der Waals surface area contributed by atoms with Crippen molar-refractivity contribution in [2.45, 2.75) is 6.92 Å². The van der Waals surface area contributed by atoms with Crippen molar-refractivity contribution in [1.82, 2.24) is 7.96 Å². The molecule has 1 N–H and O–H groups in total. The first kappa shape index (κ1) is 9.11. The van der Waals surface area contributed by atoms with Crippen LogP contribution in [0.15, 0.2) is 6.07 Å². The molecule has 6 nitrogen and oxygen atoms in total. The molecule has 0 amide bonds. The Morgan fingerprint density at radius 3 is 2.79 bits per heavy atom. The van der Waals surface area contributed by atoms with Gasteiger partial charge in [0.2, 0.25) is 0 Å². The van der Waals surface area contributed by atoms with E-state index in [9.17, 15) is 15.2 Å². The summed E-state index contributed by atoms with van der Waals surface area (Å²) in [5, 5.41) is 20.0. The Morgan fingerprint density at radius 2 is 2.14 bits per heavy atom. The quantitative estimate of drug-likeness (QED) is 0.460. The molecule has 0 saturated carbocycles. The fourth-order valence-electron chi connectivity index (χ4n) is 1.25. The van der Waals surface area contributed by atoms with Gasteiger partial charge in [0, 0.05) is 0 Å². The summed E-state index contributed by atoms with van der Waals surface area (Å²) < 4.78 is 8.00. The van der Waals surface area contributed by atoms with Gasteiger partial charge in [-0.3, -0.25) is 0 Å². The van der Waals surface area contributed by atoms with Crippen LogP contribution >= 0.6 is 0 Å². The van der Waals surface area contributed by atoms with Crippen LogP contribution in [0.4, 0.5) is 5.69 Å². The maximum atomic E-state index is 10.6. The van der Waals surface area contributed by atoms with Gasteiger partial charge < -0.3 is 0 Å². The van der Waals surface area contributed by atoms with Crippen molar-refractivity contribution in [2.24, 2.45) is 0 Å². The number of phenolic OH excluding ortho intramolecular Hbond substituents is 1. The summed E-state index contributed by atoms with van der Waals surface area (Å²) in [4.78, 5) is 10.0. The Balaban J connectivity index is 2.93. The zero-order valence-corrected chi connectivity index (χ0v) is 8.80. The van der Waals surface area contributed by atoms with Crippen molar-refractivity contribution in [3.8, 4) is 5.75 Å². The second-order valence-corrected chi connectivity index (χ2v) is 3.89. The monoisotopic (exact) mass is 259 g/mol. The number of hydrogen-bond acceptors (Lipinski definition) is 5. The molecule has 7 heteroatoms. The number of benzene rings is 1. The van der Waals surface area contributed by atoms with E-state index in [0.717, 1.165) is 0 Å². The zero-order chi connectivity index (χ0) is 10.3. The van der Waals surface area contributed by atoms with Crippen molar-refractivity contribution in [3.63, 3.8) is 0 Å². The van der Waals surface area contributed by atoms with Gasteiger partial charge in [-0.1, -0.05) is 0 Å². The van der Waals surface area contributed by atoms with Crippen LogP contribution in [0, 0.1) is 17.0 Å². The van der Waals surface area contributed by atoms with Gasteiger partial charge >= 0.3 is 84.1 Å². The Labute approximate surface area is 84.6 Å². The van der Waals surface area contributed by atoms with Crippen LogP contribution < -0.4 is 0 Å². The second kappa shape index (κ2) is 3.04. The van der Waals surface area contributed by atoms with Crippen LogP contribution in [-0.4, -0.2) is 33.0 Å². The van der Waals surface area contributed by atoms with Gasteiger partial charge in [0.15, 0.2) is 0 Å². The molecule has 72 valence electrons. The Morgan fingerprint density at radius 1 is 1.50 bits per heavy atom. The van der Waals surface area contributed by atoms with E-state index in [4.69, 9.17) is 0 Å². The molecular weight excluding hydrogens is 253 g/mol. The number of fused-ring (bicyclic) bond motifs is 1. The molecule has 0 fully saturated rings. The standard InChI is InChI=1S/C7H5N3O3Se/c1-3-2-4(11)7(10(12)13)6-5(3)8-14-9-6/h2,11H,1H3. The third-order valence-corrected chi connectivity index (χ3v) is 2.97. The first-order valence-corrected chi connectivity index (χ1v) is 5.23. The maximum absolute atomic E-state index is 10.6. The predicted octanol–water partition coefficient (Wildman–Crippen LogP) is 0.609. The second-order valence-electron chi connectivity index (χ2n) is 2.78. The molecule has 1 aromatic heterocycles. The molecule has 0 unspecified atom stereocenters. The first-order valence-electron chi connectivity index (χ1n) is 3.70. The molecule has 0 saturated heterocycles. The summed E-state index contributed by atoms with van der Waals surface area (Å²) in [5.74, 6) is -0.345. The van der Waals surface area contributed by atoms with Crippen LogP contribution in [0.1, 0.15) is 5.56 Å². The van der Waals surface area contributed by atoms with Crippen molar-refractivity contribution in [1.29, 1.82) is 0 Å². The number of nitro benzene ring substituents is 1. The molecule has 0 aliphatic rings. The summed E-state index contributed by atoms with van der Waals surface area (Å²) in [6.45, 7) is 1.74. The molecule has 0 aliphatic carbocycles. The normalized spacial score (nSPS) is 10.6. The van der Waals surface area contributed by atoms with Gasteiger partial charge in [0.05, 0.1) is 0 Å². The summed E-state index contributed by atoms with van der Waals surface area (Å²) >= 11 is -0.328. The summed E-state index contributed by atoms with van der Waals surface area (Å²) in [7, 11) is 0. The molecular formula is C7H5N3O3Se. The summed E-state index contributed by atoms with van der Waals surface area (Å²) in [6.07, 6.45) is 0. The molecule has 2 rings (SSSR count). The number of rotatable bonds is 1. The molecule has 0 radical (unpaired) electrons. The summed E-state index contributed by atoms with van der Waals surface area (Å²) in [6, 6.07) is 1.34. The number of nitro groups is 1. The van der Waals surface area contributed by atoms with Crippen LogP contribution in [0.25, 0.3) is 11.0 Å². The zero-order valence-electron chi connectivity index (χ0n) is 7.09. The van der Waals surface area contributed by atoms with Gasteiger partial charge in [0.25, 0.3) is 0 Å². The van der Waals surface area contributed by atoms with E-state index in [0.29, 0.717) is 11.1 Å². The Bertz CT molecular complexity index is 522. The third-order valence-electron chi connectivity index (χ3n) is 1.86. The molecule has 0 bridgehead atoms. The number of aromatic hydroxyl groups is 1. The number of aromatic nitrogens is 2. The van der Waals surface area contributed by atoms with Crippen molar-refractivity contribution >= 4 is 31.7 Å². The fourth-order valence-corrected chi connectivity index (χ4v) is 2.52. The van der Waals surface area contributed by atoms with E-state index in [1.807, 2.05) is 0 Å². The van der Waals surface area contributed by atoms with Crippen LogP contribution in [0.5, 0.6) is 5.75 Å². The van der Waals surface area contributed by atoms with Gasteiger partial charge in [-0.15, -0.1) is 0 Å². The van der Waals surface area contributed by atoms with Crippen LogP contribution in [0.2, 0.25) is 0 Å². The van der Waals surface area contributed by atoms with E-state index in [1.54, 1.807) is 6.92 Å². The third kappa shape index (κ3) is 1.18. The van der Waals surface area contributed by atoms with Crippen LogP contribution in [-0.2, 0) is 0 Å². The molecule has 1 aromatic carbocycles. The van der Waals surface area contributed by atoms with Crippen molar-refractivity contribution in [3.05, 3.63) is 21.7 Å². The topological polar surface area (TPSA) is 89.2 Å². The van der Waals surface area contributed by atoms with E-state index in [2.05, 4.69) is 7.96 Å². The van der Waals surface area contributed by atoms with Crippen molar-refractivity contribution < 1.29 is 10.0 Å². The Hall–Kier alpha value is -1.46. The first-order chi connectivity index (χ1) is 6.61. The van der Waals surface area contributed by atoms with E-state index < -0.39 is 4.92 Å². The number of nitrogens with zero attached hydrogens (tertiary/aromatic N) is 3. The molecule has 14 heavy (non-hydrogen) atoms. The Kier molecular flexibility index (Phi) is 1.98.